The summed E-state index contributed by atoms with van der Waals surface area (Å²) >= 11 is 0. The van der Waals surface area contributed by atoms with Crippen molar-refractivity contribution in [3.8, 4) is 0 Å². The van der Waals surface area contributed by atoms with Crippen molar-refractivity contribution in [2.45, 2.75) is 39.3 Å². The molecule has 18 heavy (non-hydrogen) atoms. The van der Waals surface area contributed by atoms with E-state index in [0.29, 0.717) is 0 Å². The molecule has 0 amide bonds. The Bertz CT molecular complexity index is 336. The van der Waals surface area contributed by atoms with Gasteiger partial charge in [0.15, 0.2) is 5.76 Å². The van der Waals surface area contributed by atoms with Crippen LogP contribution in [0.15, 0.2) is 23.2 Å². The minimum absolute atomic E-state index is 0.789. The Morgan fingerprint density at radius 1 is 1.56 bits per heavy atom. The van der Waals surface area contributed by atoms with Gasteiger partial charge in [-0.15, -0.1) is 6.58 Å². The van der Waals surface area contributed by atoms with Gasteiger partial charge in [0.25, 0.3) is 0 Å². The SMILES string of the molecule is C=CCCCN(C)Cc1cc(CNCCC)no1. The third kappa shape index (κ3) is 5.98. The van der Waals surface area contributed by atoms with Crippen LogP contribution >= 0.6 is 0 Å². The number of nitrogens with zero attached hydrogens (tertiary/aromatic N) is 2. The molecule has 102 valence electrons. The second-order valence-electron chi connectivity index (χ2n) is 4.63. The maximum absolute atomic E-state index is 5.32. The van der Waals surface area contributed by atoms with Gasteiger partial charge in [-0.3, -0.25) is 4.90 Å². The largest absolute Gasteiger partial charge is 0.360 e. The number of nitrogens with one attached hydrogen (secondary N) is 1. The molecule has 0 spiro atoms. The molecule has 0 saturated heterocycles. The molecule has 0 radical (unpaired) electrons. The fourth-order valence-corrected chi connectivity index (χ4v) is 1.76. The third-order valence-electron chi connectivity index (χ3n) is 2.71. The second-order valence-corrected chi connectivity index (χ2v) is 4.63. The van der Waals surface area contributed by atoms with E-state index >= 15 is 0 Å². The summed E-state index contributed by atoms with van der Waals surface area (Å²) in [6.07, 6.45) is 5.29. The van der Waals surface area contributed by atoms with Crippen molar-refractivity contribution in [2.75, 3.05) is 20.1 Å². The molecule has 0 aliphatic heterocycles. The molecule has 0 unspecified atom stereocenters. The highest BCUT2D eigenvalue weighted by Gasteiger charge is 2.06. The van der Waals surface area contributed by atoms with Crippen molar-refractivity contribution in [3.05, 3.63) is 30.2 Å². The Morgan fingerprint density at radius 3 is 3.11 bits per heavy atom. The van der Waals surface area contributed by atoms with E-state index in [1.807, 2.05) is 12.1 Å². The monoisotopic (exact) mass is 251 g/mol. The van der Waals surface area contributed by atoms with Crippen LogP contribution in [0, 0.1) is 0 Å². The summed E-state index contributed by atoms with van der Waals surface area (Å²) < 4.78 is 5.32. The Hall–Kier alpha value is -1.13. The van der Waals surface area contributed by atoms with E-state index in [9.17, 15) is 0 Å². The van der Waals surface area contributed by atoms with Gasteiger partial charge >= 0.3 is 0 Å². The van der Waals surface area contributed by atoms with E-state index in [1.54, 1.807) is 0 Å². The fourth-order valence-electron chi connectivity index (χ4n) is 1.76. The summed E-state index contributed by atoms with van der Waals surface area (Å²) in [7, 11) is 2.10. The normalized spacial score (nSPS) is 11.1. The topological polar surface area (TPSA) is 41.3 Å². The van der Waals surface area contributed by atoms with Crippen molar-refractivity contribution in [3.63, 3.8) is 0 Å². The van der Waals surface area contributed by atoms with Crippen LogP contribution in [0.25, 0.3) is 0 Å². The zero-order valence-corrected chi connectivity index (χ0v) is 11.6. The van der Waals surface area contributed by atoms with Gasteiger partial charge in [0.05, 0.1) is 12.2 Å². The van der Waals surface area contributed by atoms with E-state index in [4.69, 9.17) is 4.52 Å². The third-order valence-corrected chi connectivity index (χ3v) is 2.71. The lowest BCUT2D eigenvalue weighted by atomic mass is 10.3. The van der Waals surface area contributed by atoms with Crippen molar-refractivity contribution < 1.29 is 4.52 Å². The predicted molar refractivity (Wildman–Crippen MR) is 74.3 cm³/mol. The van der Waals surface area contributed by atoms with Gasteiger partial charge in [-0.2, -0.15) is 0 Å². The van der Waals surface area contributed by atoms with Crippen molar-refractivity contribution >= 4 is 0 Å². The number of rotatable bonds is 10. The molecule has 0 aliphatic rings. The van der Waals surface area contributed by atoms with Crippen LogP contribution in [0.4, 0.5) is 0 Å². The smallest absolute Gasteiger partial charge is 0.151 e. The molecule has 1 aromatic heterocycles. The highest BCUT2D eigenvalue weighted by Crippen LogP contribution is 2.07. The van der Waals surface area contributed by atoms with Crippen LogP contribution in [-0.2, 0) is 13.1 Å². The highest BCUT2D eigenvalue weighted by molar-refractivity contribution is 5.04. The molecule has 0 aromatic carbocycles. The summed E-state index contributed by atoms with van der Waals surface area (Å²) in [5, 5.41) is 7.37. The number of unbranched alkanes of at least 4 members (excludes halogenated alkanes) is 1. The Kier molecular flexibility index (Phi) is 7.37. The van der Waals surface area contributed by atoms with Gasteiger partial charge in [0.2, 0.25) is 0 Å². The lowest BCUT2D eigenvalue weighted by molar-refractivity contribution is 0.269. The molecule has 1 N–H and O–H groups in total. The maximum Gasteiger partial charge on any atom is 0.151 e. The van der Waals surface area contributed by atoms with E-state index in [1.165, 1.54) is 0 Å². The van der Waals surface area contributed by atoms with Gasteiger partial charge in [0, 0.05) is 12.6 Å². The number of aromatic nitrogens is 1. The molecular weight excluding hydrogens is 226 g/mol. The van der Waals surface area contributed by atoms with Gasteiger partial charge in [-0.1, -0.05) is 18.2 Å². The summed E-state index contributed by atoms with van der Waals surface area (Å²) in [4.78, 5) is 2.24. The lowest BCUT2D eigenvalue weighted by Crippen LogP contribution is -2.18. The van der Waals surface area contributed by atoms with E-state index < -0.39 is 0 Å². The average Bonchev–Trinajstić information content (AvgIpc) is 2.77. The molecule has 4 nitrogen and oxygen atoms in total. The molecule has 0 bridgehead atoms. The molecular formula is C14H25N3O. The predicted octanol–water partition coefficient (Wildman–Crippen LogP) is 2.57. The number of allylic oxidation sites excluding steroid dienone is 1. The first-order valence-corrected chi connectivity index (χ1v) is 6.71. The van der Waals surface area contributed by atoms with Crippen molar-refractivity contribution in [1.29, 1.82) is 0 Å². The Balaban J connectivity index is 2.27. The van der Waals surface area contributed by atoms with Gasteiger partial charge in [-0.05, 0) is 39.4 Å². The maximum atomic E-state index is 5.32. The lowest BCUT2D eigenvalue weighted by Gasteiger charge is -2.13. The molecule has 0 saturated carbocycles. The zero-order chi connectivity index (χ0) is 13.2. The first kappa shape index (κ1) is 14.9. The Labute approximate surface area is 110 Å². The van der Waals surface area contributed by atoms with E-state index in [2.05, 4.69) is 35.9 Å². The standard InChI is InChI=1S/C14H25N3O/c1-4-6-7-9-17(3)12-14-10-13(16-18-14)11-15-8-5-2/h4,10,15H,1,5-9,11-12H2,2-3H3. The average molecular weight is 251 g/mol. The quantitative estimate of drug-likeness (QED) is 0.512. The summed E-state index contributed by atoms with van der Waals surface area (Å²) in [6, 6.07) is 2.03. The highest BCUT2D eigenvalue weighted by atomic mass is 16.5. The van der Waals surface area contributed by atoms with Crippen LogP contribution in [-0.4, -0.2) is 30.2 Å². The molecule has 0 fully saturated rings. The van der Waals surface area contributed by atoms with Gasteiger partial charge < -0.3 is 9.84 Å². The second kappa shape index (κ2) is 8.89. The molecule has 4 heteroatoms. The summed E-state index contributed by atoms with van der Waals surface area (Å²) in [6.45, 7) is 9.55. The summed E-state index contributed by atoms with van der Waals surface area (Å²) in [5.74, 6) is 0.935. The van der Waals surface area contributed by atoms with E-state index in [0.717, 1.165) is 56.9 Å². The minimum atomic E-state index is 0.789. The van der Waals surface area contributed by atoms with Crippen LogP contribution in [0.1, 0.15) is 37.6 Å². The van der Waals surface area contributed by atoms with Gasteiger partial charge in [0.1, 0.15) is 0 Å². The van der Waals surface area contributed by atoms with Crippen LogP contribution in [0.2, 0.25) is 0 Å². The molecule has 1 aromatic rings. The van der Waals surface area contributed by atoms with Crippen molar-refractivity contribution in [1.82, 2.24) is 15.4 Å². The van der Waals surface area contributed by atoms with Gasteiger partial charge in [-0.25, -0.2) is 0 Å². The van der Waals surface area contributed by atoms with Crippen LogP contribution < -0.4 is 5.32 Å². The fraction of sp³-hybridized carbons (Fsp3) is 0.643. The molecule has 1 rings (SSSR count). The first-order valence-electron chi connectivity index (χ1n) is 6.71. The molecule has 0 aliphatic carbocycles. The zero-order valence-electron chi connectivity index (χ0n) is 11.6. The number of hydrogen-bond acceptors (Lipinski definition) is 4. The number of hydrogen-bond donors (Lipinski definition) is 1. The van der Waals surface area contributed by atoms with Crippen LogP contribution in [0.5, 0.6) is 0 Å². The molecule has 0 atom stereocenters. The molecule has 1 heterocycles. The minimum Gasteiger partial charge on any atom is -0.360 e. The van der Waals surface area contributed by atoms with Crippen LogP contribution in [0.3, 0.4) is 0 Å². The summed E-state index contributed by atoms with van der Waals surface area (Å²) in [5.41, 5.74) is 0.984. The Morgan fingerprint density at radius 2 is 2.39 bits per heavy atom. The first-order chi connectivity index (χ1) is 8.76. The van der Waals surface area contributed by atoms with Crippen molar-refractivity contribution in [2.24, 2.45) is 0 Å². The van der Waals surface area contributed by atoms with E-state index in [-0.39, 0.29) is 0 Å².